The Morgan fingerprint density at radius 1 is 1.45 bits per heavy atom. The minimum absolute atomic E-state index is 0.180. The summed E-state index contributed by atoms with van der Waals surface area (Å²) in [6.45, 7) is 3.53. The van der Waals surface area contributed by atoms with E-state index in [-0.39, 0.29) is 11.4 Å². The fourth-order valence-electron chi connectivity index (χ4n) is 2.61. The number of nitrogens with zero attached hydrogens (tertiary/aromatic N) is 1. The van der Waals surface area contributed by atoms with Gasteiger partial charge in [-0.3, -0.25) is 4.79 Å². The Morgan fingerprint density at radius 3 is 2.60 bits per heavy atom. The lowest BCUT2D eigenvalue weighted by Crippen LogP contribution is -2.37. The molecule has 0 bridgehead atoms. The van der Waals surface area contributed by atoms with Crippen LogP contribution >= 0.6 is 11.6 Å². The molecular weight excluding hydrogens is 302 g/mol. The maximum atomic E-state index is 12.6. The molecule has 2 rings (SSSR count). The molecule has 1 aliphatic rings. The van der Waals surface area contributed by atoms with Gasteiger partial charge in [-0.05, 0) is 44.0 Å². The van der Waals surface area contributed by atoms with Gasteiger partial charge in [-0.2, -0.15) is 4.31 Å². The van der Waals surface area contributed by atoms with Crippen LogP contribution in [0.4, 0.5) is 0 Å². The molecule has 1 fully saturated rings. The van der Waals surface area contributed by atoms with Gasteiger partial charge in [0.25, 0.3) is 0 Å². The molecule has 2 atom stereocenters. The Kier molecular flexibility index (Phi) is 4.09. The van der Waals surface area contributed by atoms with E-state index in [9.17, 15) is 13.2 Å². The van der Waals surface area contributed by atoms with Crippen LogP contribution in [0.15, 0.2) is 23.1 Å². The summed E-state index contributed by atoms with van der Waals surface area (Å²) in [7, 11) is -3.69. The molecule has 110 valence electrons. The fraction of sp³-hybridized carbons (Fsp3) is 0.462. The van der Waals surface area contributed by atoms with Crippen molar-refractivity contribution in [2.45, 2.75) is 31.2 Å². The number of halogens is 1. The first-order valence-electron chi connectivity index (χ1n) is 6.26. The molecule has 1 N–H and O–H groups in total. The van der Waals surface area contributed by atoms with Crippen molar-refractivity contribution in [3.05, 3.63) is 28.8 Å². The average Bonchev–Trinajstić information content (AvgIpc) is 2.71. The zero-order valence-corrected chi connectivity index (χ0v) is 12.8. The van der Waals surface area contributed by atoms with Crippen molar-refractivity contribution in [2.75, 3.05) is 6.54 Å². The van der Waals surface area contributed by atoms with Crippen LogP contribution in [-0.4, -0.2) is 36.4 Å². The van der Waals surface area contributed by atoms with Gasteiger partial charge in [-0.1, -0.05) is 11.6 Å². The second kappa shape index (κ2) is 5.35. The van der Waals surface area contributed by atoms with E-state index in [4.69, 9.17) is 16.7 Å². The lowest BCUT2D eigenvalue weighted by atomic mass is 10.0. The highest BCUT2D eigenvalue weighted by molar-refractivity contribution is 7.89. The van der Waals surface area contributed by atoms with E-state index in [1.54, 1.807) is 19.9 Å². The first-order valence-corrected chi connectivity index (χ1v) is 8.07. The van der Waals surface area contributed by atoms with Crippen molar-refractivity contribution in [1.29, 1.82) is 0 Å². The van der Waals surface area contributed by atoms with Crippen LogP contribution in [0.5, 0.6) is 0 Å². The predicted octanol–water partition coefficient (Wildman–Crippen LogP) is 2.13. The van der Waals surface area contributed by atoms with Gasteiger partial charge < -0.3 is 5.11 Å². The van der Waals surface area contributed by atoms with Gasteiger partial charge >= 0.3 is 5.97 Å². The number of aliphatic carboxylic acids is 1. The number of carbonyl (C=O) groups is 1. The van der Waals surface area contributed by atoms with Crippen molar-refractivity contribution >= 4 is 27.6 Å². The highest BCUT2D eigenvalue weighted by atomic mass is 35.5. The number of aryl methyl sites for hydroxylation is 1. The second-order valence-electron chi connectivity index (χ2n) is 5.00. The number of benzene rings is 1. The maximum Gasteiger partial charge on any atom is 0.308 e. The van der Waals surface area contributed by atoms with E-state index in [1.807, 2.05) is 0 Å². The highest BCUT2D eigenvalue weighted by Crippen LogP contribution is 2.32. The summed E-state index contributed by atoms with van der Waals surface area (Å²) >= 11 is 5.83. The van der Waals surface area contributed by atoms with Gasteiger partial charge in [-0.25, -0.2) is 8.42 Å². The molecule has 0 aromatic heterocycles. The molecule has 0 aliphatic carbocycles. The molecule has 0 radical (unpaired) electrons. The molecule has 0 spiro atoms. The van der Waals surface area contributed by atoms with Crippen LogP contribution in [0, 0.1) is 12.8 Å². The smallest absolute Gasteiger partial charge is 0.308 e. The first-order chi connectivity index (χ1) is 9.25. The minimum Gasteiger partial charge on any atom is -0.481 e. The Morgan fingerprint density at radius 2 is 2.10 bits per heavy atom. The third-order valence-corrected chi connectivity index (χ3v) is 6.12. The normalized spacial score (nSPS) is 23.9. The largest absolute Gasteiger partial charge is 0.481 e. The maximum absolute atomic E-state index is 12.6. The first kappa shape index (κ1) is 15.3. The summed E-state index contributed by atoms with van der Waals surface area (Å²) in [6.07, 6.45) is 0.336. The molecule has 1 heterocycles. The Labute approximate surface area is 123 Å². The van der Waals surface area contributed by atoms with Crippen molar-refractivity contribution in [3.8, 4) is 0 Å². The molecule has 0 saturated carbocycles. The average molecular weight is 318 g/mol. The zero-order chi connectivity index (χ0) is 15.1. The second-order valence-corrected chi connectivity index (χ2v) is 7.29. The standard InChI is InChI=1S/C13H16ClNO4S/c1-8-7-10(14)3-4-12(8)20(18,19)15-6-5-11(9(15)2)13(16)17/h3-4,7,9,11H,5-6H2,1-2H3,(H,16,17). The van der Waals surface area contributed by atoms with Crippen LogP contribution in [-0.2, 0) is 14.8 Å². The number of hydrogen-bond acceptors (Lipinski definition) is 3. The minimum atomic E-state index is -3.69. The Bertz CT molecular complexity index is 644. The topological polar surface area (TPSA) is 74.7 Å². The van der Waals surface area contributed by atoms with Gasteiger partial charge in [0.2, 0.25) is 10.0 Å². The van der Waals surface area contributed by atoms with Gasteiger partial charge in [0.05, 0.1) is 10.8 Å². The predicted molar refractivity (Wildman–Crippen MR) is 75.3 cm³/mol. The quantitative estimate of drug-likeness (QED) is 0.926. The van der Waals surface area contributed by atoms with Gasteiger partial charge in [0.1, 0.15) is 0 Å². The van der Waals surface area contributed by atoms with E-state index < -0.39 is 28.0 Å². The van der Waals surface area contributed by atoms with Crippen molar-refractivity contribution in [1.82, 2.24) is 4.31 Å². The molecule has 7 heteroatoms. The van der Waals surface area contributed by atoms with Gasteiger partial charge in [0.15, 0.2) is 0 Å². The highest BCUT2D eigenvalue weighted by Gasteiger charge is 2.42. The van der Waals surface area contributed by atoms with Crippen LogP contribution in [0.3, 0.4) is 0 Å². The molecule has 0 amide bonds. The number of hydrogen-bond donors (Lipinski definition) is 1. The summed E-state index contributed by atoms with van der Waals surface area (Å²) in [6, 6.07) is 4.03. The molecule has 1 aromatic rings. The third-order valence-electron chi connectivity index (χ3n) is 3.74. The molecule has 1 aromatic carbocycles. The van der Waals surface area contributed by atoms with Crippen LogP contribution in [0.25, 0.3) is 0 Å². The molecule has 2 unspecified atom stereocenters. The van der Waals surface area contributed by atoms with Crippen molar-refractivity contribution in [2.24, 2.45) is 5.92 Å². The number of rotatable bonds is 3. The molecule has 1 saturated heterocycles. The molecule has 5 nitrogen and oxygen atoms in total. The van der Waals surface area contributed by atoms with Crippen molar-refractivity contribution < 1.29 is 18.3 Å². The van der Waals surface area contributed by atoms with E-state index in [0.717, 1.165) is 0 Å². The lowest BCUT2D eigenvalue weighted by Gasteiger charge is -2.23. The Hall–Kier alpha value is -1.11. The number of sulfonamides is 1. The summed E-state index contributed by atoms with van der Waals surface area (Å²) in [5.41, 5.74) is 0.559. The zero-order valence-electron chi connectivity index (χ0n) is 11.2. The number of carboxylic acids is 1. The summed E-state index contributed by atoms with van der Waals surface area (Å²) in [4.78, 5) is 11.3. The van der Waals surface area contributed by atoms with Crippen LogP contribution in [0.2, 0.25) is 5.02 Å². The van der Waals surface area contributed by atoms with Crippen molar-refractivity contribution in [3.63, 3.8) is 0 Å². The van der Waals surface area contributed by atoms with Crippen LogP contribution in [0.1, 0.15) is 18.9 Å². The Balaban J connectivity index is 2.39. The van der Waals surface area contributed by atoms with Crippen LogP contribution < -0.4 is 0 Å². The molecule has 20 heavy (non-hydrogen) atoms. The third kappa shape index (κ3) is 2.55. The van der Waals surface area contributed by atoms with Gasteiger partial charge in [0, 0.05) is 17.6 Å². The van der Waals surface area contributed by atoms with Gasteiger partial charge in [-0.15, -0.1) is 0 Å². The SMILES string of the molecule is Cc1cc(Cl)ccc1S(=O)(=O)N1CCC(C(=O)O)C1C. The summed E-state index contributed by atoms with van der Waals surface area (Å²) < 4.78 is 26.5. The summed E-state index contributed by atoms with van der Waals surface area (Å²) in [5, 5.41) is 9.56. The fourth-order valence-corrected chi connectivity index (χ4v) is 4.72. The van der Waals surface area contributed by atoms with E-state index >= 15 is 0 Å². The summed E-state index contributed by atoms with van der Waals surface area (Å²) in [5.74, 6) is -1.61. The monoisotopic (exact) mass is 317 g/mol. The van der Waals surface area contributed by atoms with E-state index in [2.05, 4.69) is 0 Å². The lowest BCUT2D eigenvalue weighted by molar-refractivity contribution is -0.142. The van der Waals surface area contributed by atoms with E-state index in [0.29, 0.717) is 17.0 Å². The molecular formula is C13H16ClNO4S. The van der Waals surface area contributed by atoms with E-state index in [1.165, 1.54) is 16.4 Å². The molecule has 1 aliphatic heterocycles. The number of carboxylic acid groups (broad SMARTS) is 1.